The zero-order valence-corrected chi connectivity index (χ0v) is 12.6. The number of hydrogen-bond acceptors (Lipinski definition) is 10. The van der Waals surface area contributed by atoms with Crippen molar-refractivity contribution >= 4 is 23.3 Å². The molecule has 1 aromatic carbocycles. The number of anilines is 1. The lowest BCUT2D eigenvalue weighted by atomic mass is 10.2. The summed E-state index contributed by atoms with van der Waals surface area (Å²) in [5.74, 6) is 0.871. The van der Waals surface area contributed by atoms with Gasteiger partial charge in [-0.15, -0.1) is 0 Å². The summed E-state index contributed by atoms with van der Waals surface area (Å²) >= 11 is 1.36. The van der Waals surface area contributed by atoms with Crippen molar-refractivity contribution in [1.29, 1.82) is 5.26 Å². The number of amidine groups is 1. The Morgan fingerprint density at radius 2 is 2.30 bits per heavy atom. The molecule has 0 radical (unpaired) electrons. The molecule has 2 heterocycles. The normalized spacial score (nSPS) is 16.8. The Balaban J connectivity index is 1.96. The number of thioether (sulfide) groups is 1. The molecule has 1 atom stereocenters. The summed E-state index contributed by atoms with van der Waals surface area (Å²) in [6.07, 6.45) is -1.33. The number of nitriles is 1. The first-order chi connectivity index (χ1) is 11.2. The molecule has 10 heteroatoms. The molecule has 1 unspecified atom stereocenters. The number of benzene rings is 1. The van der Waals surface area contributed by atoms with Gasteiger partial charge in [0.1, 0.15) is 0 Å². The Labute approximate surface area is 135 Å². The van der Waals surface area contributed by atoms with Gasteiger partial charge in [0.15, 0.2) is 10.7 Å². The predicted molar refractivity (Wildman–Crippen MR) is 81.3 cm³/mol. The van der Waals surface area contributed by atoms with Crippen molar-refractivity contribution < 1.29 is 14.6 Å². The largest absolute Gasteiger partial charge is 0.340 e. The smallest absolute Gasteiger partial charge is 0.311 e. The van der Waals surface area contributed by atoms with Crippen molar-refractivity contribution in [1.82, 2.24) is 10.3 Å². The molecule has 1 aliphatic heterocycles. The van der Waals surface area contributed by atoms with Crippen LogP contribution >= 0.6 is 11.8 Å². The van der Waals surface area contributed by atoms with Crippen LogP contribution < -0.4 is 10.6 Å². The van der Waals surface area contributed by atoms with E-state index in [1.165, 1.54) is 16.7 Å². The topological polar surface area (TPSA) is 134 Å². The lowest BCUT2D eigenvalue weighted by Crippen LogP contribution is -2.36. The molecule has 23 heavy (non-hydrogen) atoms. The maximum Gasteiger partial charge on any atom is 0.311 e. The molecule has 3 rings (SSSR count). The Kier molecular flexibility index (Phi) is 4.42. The Morgan fingerprint density at radius 1 is 1.43 bits per heavy atom. The van der Waals surface area contributed by atoms with E-state index >= 15 is 0 Å². The summed E-state index contributed by atoms with van der Waals surface area (Å²) < 4.78 is 4.76. The summed E-state index contributed by atoms with van der Waals surface area (Å²) in [7, 11) is 0. The summed E-state index contributed by atoms with van der Waals surface area (Å²) in [6, 6.07) is 8.72. The highest BCUT2D eigenvalue weighted by molar-refractivity contribution is 7.99. The minimum Gasteiger partial charge on any atom is -0.340 e. The van der Waals surface area contributed by atoms with Crippen LogP contribution in [-0.2, 0) is 4.84 Å². The molecule has 0 aliphatic carbocycles. The molecule has 0 bridgehead atoms. The molecule has 3 N–H and O–H groups in total. The predicted octanol–water partition coefficient (Wildman–Crippen LogP) is 0.466. The number of aliphatic hydroxyl groups excluding tert-OH is 1. The first-order valence-corrected chi connectivity index (χ1v) is 7.60. The fourth-order valence-corrected chi connectivity index (χ4v) is 2.66. The molecule has 0 spiro atoms. The maximum absolute atomic E-state index is 10.0. The molecule has 1 aliphatic rings. The Bertz CT molecular complexity index is 771. The number of oxime groups is 1. The number of hydrogen-bond donors (Lipinski definition) is 2. The molecule has 0 amide bonds. The first-order valence-electron chi connectivity index (χ1n) is 6.61. The van der Waals surface area contributed by atoms with E-state index in [2.05, 4.69) is 15.5 Å². The summed E-state index contributed by atoms with van der Waals surface area (Å²) in [5, 5.41) is 31.0. The fourth-order valence-electron chi connectivity index (χ4n) is 1.99. The Morgan fingerprint density at radius 3 is 3.09 bits per heavy atom. The number of nitrogens with two attached hydrogens (primary N) is 1. The van der Waals surface area contributed by atoms with E-state index in [0.29, 0.717) is 34.3 Å². The number of aromatic nitrogens is 2. The van der Waals surface area contributed by atoms with Gasteiger partial charge < -0.3 is 15.7 Å². The van der Waals surface area contributed by atoms with E-state index in [1.807, 2.05) is 6.07 Å². The van der Waals surface area contributed by atoms with Gasteiger partial charge in [0.25, 0.3) is 0 Å². The fraction of sp³-hybridized carbons (Fsp3) is 0.231. The third-order valence-corrected chi connectivity index (χ3v) is 3.94. The lowest BCUT2D eigenvalue weighted by molar-refractivity contribution is -0.0746. The van der Waals surface area contributed by atoms with Gasteiger partial charge in [-0.25, -0.2) is 4.63 Å². The second-order valence-electron chi connectivity index (χ2n) is 4.43. The van der Waals surface area contributed by atoms with E-state index in [1.54, 1.807) is 24.3 Å². The highest BCUT2D eigenvalue weighted by Crippen LogP contribution is 2.28. The highest BCUT2D eigenvalue weighted by Gasteiger charge is 2.35. The molecule has 0 saturated heterocycles. The minimum absolute atomic E-state index is 0.244. The molecular formula is C13H12N6O3S. The molecular weight excluding hydrogens is 320 g/mol. The lowest BCUT2D eigenvalue weighted by Gasteiger charge is -2.20. The van der Waals surface area contributed by atoms with Gasteiger partial charge in [0, 0.05) is 12.3 Å². The van der Waals surface area contributed by atoms with Gasteiger partial charge in [-0.05, 0) is 28.5 Å². The van der Waals surface area contributed by atoms with Crippen LogP contribution in [0, 0.1) is 11.3 Å². The molecule has 9 nitrogen and oxygen atoms in total. The number of aliphatic hydroxyl groups is 1. The van der Waals surface area contributed by atoms with Crippen molar-refractivity contribution in [3.8, 4) is 6.07 Å². The minimum atomic E-state index is -1.33. The third-order valence-electron chi connectivity index (χ3n) is 2.96. The molecule has 1 aromatic heterocycles. The zero-order valence-electron chi connectivity index (χ0n) is 11.8. The highest BCUT2D eigenvalue weighted by atomic mass is 32.2. The van der Waals surface area contributed by atoms with Crippen LogP contribution in [0.25, 0.3) is 0 Å². The van der Waals surface area contributed by atoms with Crippen LogP contribution in [0.1, 0.15) is 11.3 Å². The number of rotatable bonds is 5. The van der Waals surface area contributed by atoms with Gasteiger partial charge in [-0.2, -0.15) is 5.26 Å². The van der Waals surface area contributed by atoms with Crippen molar-refractivity contribution in [2.24, 2.45) is 10.9 Å². The van der Waals surface area contributed by atoms with E-state index in [9.17, 15) is 5.11 Å². The molecule has 0 fully saturated rings. The maximum atomic E-state index is 10.0. The van der Waals surface area contributed by atoms with Crippen molar-refractivity contribution in [3.63, 3.8) is 0 Å². The van der Waals surface area contributed by atoms with Gasteiger partial charge in [0.2, 0.25) is 5.84 Å². The van der Waals surface area contributed by atoms with Gasteiger partial charge in [-0.1, -0.05) is 23.0 Å². The van der Waals surface area contributed by atoms with Gasteiger partial charge in [-0.3, -0.25) is 4.90 Å². The number of nitrogens with zero attached hydrogens (tertiary/aromatic N) is 5. The zero-order chi connectivity index (χ0) is 16.2. The summed E-state index contributed by atoms with van der Waals surface area (Å²) in [5.41, 5.74) is 6.80. The monoisotopic (exact) mass is 332 g/mol. The van der Waals surface area contributed by atoms with E-state index in [-0.39, 0.29) is 5.84 Å². The van der Waals surface area contributed by atoms with Crippen LogP contribution in [-0.4, -0.2) is 40.0 Å². The standard InChI is InChI=1S/C13H12N6O3S/c14-4-5-23-12-10(16-22-18-12)11-17-21-13(20)19(11)9-3-1-2-8(6-9)7-15/h1-3,6,13,20H,4-5,14H2. The van der Waals surface area contributed by atoms with Crippen molar-refractivity contribution in [3.05, 3.63) is 35.5 Å². The van der Waals surface area contributed by atoms with Crippen LogP contribution in [0.15, 0.2) is 39.1 Å². The summed E-state index contributed by atoms with van der Waals surface area (Å²) in [4.78, 5) is 6.33. The van der Waals surface area contributed by atoms with Gasteiger partial charge >= 0.3 is 6.41 Å². The van der Waals surface area contributed by atoms with E-state index in [4.69, 9.17) is 20.5 Å². The van der Waals surface area contributed by atoms with Crippen LogP contribution in [0.5, 0.6) is 0 Å². The van der Waals surface area contributed by atoms with E-state index in [0.717, 1.165) is 0 Å². The average Bonchev–Trinajstić information content (AvgIpc) is 3.18. The third kappa shape index (κ3) is 2.98. The SMILES string of the molecule is N#Cc1cccc(N2C(c3nonc3SCCN)=NOC2O)c1. The molecule has 2 aromatic rings. The van der Waals surface area contributed by atoms with Crippen LogP contribution in [0.3, 0.4) is 0 Å². The molecule has 118 valence electrons. The van der Waals surface area contributed by atoms with Crippen LogP contribution in [0.4, 0.5) is 5.69 Å². The van der Waals surface area contributed by atoms with Crippen LogP contribution in [0.2, 0.25) is 0 Å². The quantitative estimate of drug-likeness (QED) is 0.749. The summed E-state index contributed by atoms with van der Waals surface area (Å²) in [6.45, 7) is 0.469. The second kappa shape index (κ2) is 6.66. The van der Waals surface area contributed by atoms with E-state index < -0.39 is 6.41 Å². The van der Waals surface area contributed by atoms with Crippen molar-refractivity contribution in [2.75, 3.05) is 17.2 Å². The average molecular weight is 332 g/mol. The molecule has 0 saturated carbocycles. The van der Waals surface area contributed by atoms with Crippen molar-refractivity contribution in [2.45, 2.75) is 11.4 Å². The Hall–Kier alpha value is -2.61. The second-order valence-corrected chi connectivity index (χ2v) is 5.52. The van der Waals surface area contributed by atoms with Gasteiger partial charge in [0.05, 0.1) is 17.3 Å². The first kappa shape index (κ1) is 15.3.